The summed E-state index contributed by atoms with van der Waals surface area (Å²) in [7, 11) is 0.263. The van der Waals surface area contributed by atoms with E-state index < -0.39 is 8.32 Å². The van der Waals surface area contributed by atoms with E-state index in [0.717, 1.165) is 70.6 Å². The molecule has 2 heterocycles. The lowest BCUT2D eigenvalue weighted by Gasteiger charge is -2.29. The summed E-state index contributed by atoms with van der Waals surface area (Å²) in [6, 6.07) is 0.627. The number of rotatable bonds is 14. The summed E-state index contributed by atoms with van der Waals surface area (Å²) in [5.74, 6) is 0.248. The minimum atomic E-state index is -1.57. The molecule has 2 fully saturated rings. The Bertz CT molecular complexity index is 640. The highest BCUT2D eigenvalue weighted by Crippen LogP contribution is 2.22. The number of likely N-dealkylation sites (tertiary alicyclic amines) is 1. The first-order valence-electron chi connectivity index (χ1n) is 12.9. The lowest BCUT2D eigenvalue weighted by atomic mass is 10.1. The van der Waals surface area contributed by atoms with Gasteiger partial charge in [-0.1, -0.05) is 6.42 Å². The number of hydrogen-bond acceptors (Lipinski definition) is 5. The fraction of sp³-hybridized carbons (Fsp3) is 0.875. The third-order valence-corrected chi connectivity index (χ3v) is 9.39. The van der Waals surface area contributed by atoms with Crippen molar-refractivity contribution < 1.29 is 18.8 Å². The molecule has 0 saturated carbocycles. The molecule has 0 spiro atoms. The van der Waals surface area contributed by atoms with E-state index in [4.69, 9.17) is 4.43 Å². The number of amides is 3. The smallest absolute Gasteiger partial charge is 0.245 e. The number of nitrogens with one attached hydrogen (secondary N) is 2. The Balaban J connectivity index is 1.58. The number of carbonyl (C=O) groups is 3. The predicted octanol–water partition coefficient (Wildman–Crippen LogP) is 2.50. The summed E-state index contributed by atoms with van der Waals surface area (Å²) < 4.78 is 5.81. The maximum Gasteiger partial charge on any atom is 0.245 e. The quantitative estimate of drug-likeness (QED) is 0.293. The van der Waals surface area contributed by atoms with E-state index in [1.165, 1.54) is 0 Å². The molecular weight excluding hydrogens is 436 g/mol. The van der Waals surface area contributed by atoms with E-state index >= 15 is 0 Å². The molecule has 3 amide bonds. The van der Waals surface area contributed by atoms with Crippen LogP contribution >= 0.6 is 0 Å². The maximum atomic E-state index is 12.9. The highest BCUT2D eigenvalue weighted by Gasteiger charge is 2.38. The standard InChI is InChI=1S/C24H46N4O4Si/c1-5-32-33(3,4)19-11-16-26-22(29)14-7-6-8-17-27(2)24(31)21-13-10-18-28(21)23(30)20-12-9-15-25-20/h20-21,25H,5-19H2,1-4H3,(H,26,29)/t20-,21-/m0/s1. The number of hydrogen-bond donors (Lipinski definition) is 2. The maximum absolute atomic E-state index is 12.9. The van der Waals surface area contributed by atoms with Crippen molar-refractivity contribution in [2.24, 2.45) is 0 Å². The third kappa shape index (κ3) is 9.37. The highest BCUT2D eigenvalue weighted by atomic mass is 28.4. The molecule has 0 aromatic heterocycles. The van der Waals surface area contributed by atoms with Crippen molar-refractivity contribution in [2.75, 3.05) is 39.8 Å². The Morgan fingerprint density at radius 1 is 1.12 bits per heavy atom. The van der Waals surface area contributed by atoms with Crippen LogP contribution in [0.5, 0.6) is 0 Å². The van der Waals surface area contributed by atoms with Gasteiger partial charge < -0.3 is 24.9 Å². The first kappa shape index (κ1) is 27.8. The van der Waals surface area contributed by atoms with Crippen molar-refractivity contribution in [2.45, 2.75) is 95.9 Å². The average Bonchev–Trinajstić information content (AvgIpc) is 3.47. The number of likely N-dealkylation sites (N-methyl/N-ethyl adjacent to an activating group) is 1. The fourth-order valence-electron chi connectivity index (χ4n) is 4.85. The van der Waals surface area contributed by atoms with E-state index in [9.17, 15) is 14.4 Å². The number of carbonyl (C=O) groups excluding carboxylic acids is 3. The van der Waals surface area contributed by atoms with E-state index in [1.807, 2.05) is 14.0 Å². The summed E-state index contributed by atoms with van der Waals surface area (Å²) in [6.07, 6.45) is 7.65. The van der Waals surface area contributed by atoms with Gasteiger partial charge in [0, 0.05) is 39.7 Å². The number of nitrogens with zero attached hydrogens (tertiary/aromatic N) is 2. The molecule has 0 aromatic carbocycles. The highest BCUT2D eigenvalue weighted by molar-refractivity contribution is 6.71. The SMILES string of the molecule is CCO[Si](C)(C)CCCNC(=O)CCCCCN(C)C(=O)[C@@H]1CCCN1C(=O)[C@@H]1CCCN1. The first-order chi connectivity index (χ1) is 15.7. The zero-order valence-corrected chi connectivity index (χ0v) is 22.3. The first-order valence-corrected chi connectivity index (χ1v) is 16.1. The van der Waals surface area contributed by atoms with Gasteiger partial charge in [-0.15, -0.1) is 0 Å². The second kappa shape index (κ2) is 14.1. The molecule has 9 heteroatoms. The second-order valence-electron chi connectivity index (χ2n) is 10.1. The normalized spacial score (nSPS) is 20.8. The molecule has 2 saturated heterocycles. The molecule has 0 aliphatic carbocycles. The fourth-order valence-corrected chi connectivity index (χ4v) is 6.81. The number of unbranched alkanes of at least 4 members (excludes halogenated alkanes) is 2. The molecule has 2 aliphatic heterocycles. The van der Waals surface area contributed by atoms with Gasteiger partial charge in [-0.25, -0.2) is 0 Å². The van der Waals surface area contributed by atoms with Crippen molar-refractivity contribution in [3.8, 4) is 0 Å². The monoisotopic (exact) mass is 482 g/mol. The van der Waals surface area contributed by atoms with E-state index in [-0.39, 0.29) is 29.8 Å². The van der Waals surface area contributed by atoms with Gasteiger partial charge in [0.25, 0.3) is 0 Å². The molecular formula is C24H46N4O4Si. The van der Waals surface area contributed by atoms with Gasteiger partial charge in [-0.3, -0.25) is 14.4 Å². The molecule has 2 atom stereocenters. The minimum Gasteiger partial charge on any atom is -0.418 e. The molecule has 0 unspecified atom stereocenters. The molecule has 0 aromatic rings. The lowest BCUT2D eigenvalue weighted by Crippen LogP contribution is -2.51. The van der Waals surface area contributed by atoms with Crippen LogP contribution in [0.3, 0.4) is 0 Å². The Hall–Kier alpha value is -1.45. The summed E-state index contributed by atoms with van der Waals surface area (Å²) in [6.45, 7) is 10.2. The van der Waals surface area contributed by atoms with Crippen molar-refractivity contribution in [3.05, 3.63) is 0 Å². The van der Waals surface area contributed by atoms with Gasteiger partial charge in [0.2, 0.25) is 17.7 Å². The summed E-state index contributed by atoms with van der Waals surface area (Å²) in [4.78, 5) is 41.3. The minimum absolute atomic E-state index is 0.0510. The molecule has 2 N–H and O–H groups in total. The Labute approximate surface area is 201 Å². The van der Waals surface area contributed by atoms with Crippen LogP contribution in [-0.2, 0) is 18.8 Å². The molecule has 33 heavy (non-hydrogen) atoms. The van der Waals surface area contributed by atoms with Gasteiger partial charge in [-0.2, -0.15) is 0 Å². The Kier molecular flexibility index (Phi) is 11.8. The van der Waals surface area contributed by atoms with Crippen LogP contribution in [0.25, 0.3) is 0 Å². The van der Waals surface area contributed by atoms with Gasteiger partial charge in [0.15, 0.2) is 8.32 Å². The molecule has 2 aliphatic rings. The zero-order valence-electron chi connectivity index (χ0n) is 21.3. The third-order valence-electron chi connectivity index (χ3n) is 6.77. The van der Waals surface area contributed by atoms with Gasteiger partial charge in [-0.05, 0) is 77.6 Å². The van der Waals surface area contributed by atoms with Crippen LogP contribution in [-0.4, -0.2) is 87.8 Å². The molecule has 2 rings (SSSR count). The predicted molar refractivity (Wildman–Crippen MR) is 133 cm³/mol. The van der Waals surface area contributed by atoms with E-state index in [2.05, 4.69) is 23.7 Å². The van der Waals surface area contributed by atoms with Gasteiger partial charge >= 0.3 is 0 Å². The Morgan fingerprint density at radius 2 is 1.91 bits per heavy atom. The van der Waals surface area contributed by atoms with E-state index in [1.54, 1.807) is 9.80 Å². The van der Waals surface area contributed by atoms with E-state index in [0.29, 0.717) is 26.1 Å². The topological polar surface area (TPSA) is 91.0 Å². The van der Waals surface area contributed by atoms with Crippen LogP contribution in [0.2, 0.25) is 19.1 Å². The Morgan fingerprint density at radius 3 is 2.61 bits per heavy atom. The zero-order chi connectivity index (χ0) is 24.3. The van der Waals surface area contributed by atoms with Crippen molar-refractivity contribution in [3.63, 3.8) is 0 Å². The second-order valence-corrected chi connectivity index (χ2v) is 14.4. The van der Waals surface area contributed by atoms with Gasteiger partial charge in [0.1, 0.15) is 6.04 Å². The van der Waals surface area contributed by atoms with Crippen molar-refractivity contribution >= 4 is 26.0 Å². The largest absolute Gasteiger partial charge is 0.418 e. The van der Waals surface area contributed by atoms with Crippen LogP contribution in [0.15, 0.2) is 0 Å². The summed E-state index contributed by atoms with van der Waals surface area (Å²) in [5, 5.41) is 6.27. The van der Waals surface area contributed by atoms with Crippen molar-refractivity contribution in [1.82, 2.24) is 20.4 Å². The summed E-state index contributed by atoms with van der Waals surface area (Å²) >= 11 is 0. The van der Waals surface area contributed by atoms with Crippen molar-refractivity contribution in [1.29, 1.82) is 0 Å². The molecule has 0 radical (unpaired) electrons. The van der Waals surface area contributed by atoms with Gasteiger partial charge in [0.05, 0.1) is 6.04 Å². The van der Waals surface area contributed by atoms with Crippen LogP contribution in [0, 0.1) is 0 Å². The summed E-state index contributed by atoms with van der Waals surface area (Å²) in [5.41, 5.74) is 0. The average molecular weight is 483 g/mol. The molecule has 190 valence electrons. The molecule has 0 bridgehead atoms. The van der Waals surface area contributed by atoms with Crippen LogP contribution in [0.1, 0.15) is 64.7 Å². The van der Waals surface area contributed by atoms with Crippen LogP contribution in [0.4, 0.5) is 0 Å². The van der Waals surface area contributed by atoms with Crippen LogP contribution < -0.4 is 10.6 Å². The molecule has 8 nitrogen and oxygen atoms in total. The lowest BCUT2D eigenvalue weighted by molar-refractivity contribution is -0.144.